The number of aryl methyl sites for hydroxylation is 1. The second-order valence-electron chi connectivity index (χ2n) is 6.59. The molecule has 3 N–H and O–H groups in total. The first-order valence-corrected chi connectivity index (χ1v) is 8.95. The molecule has 1 aliphatic heterocycles. The molecule has 1 aromatic heterocycles. The topological polar surface area (TPSA) is 80.5 Å². The predicted octanol–water partition coefficient (Wildman–Crippen LogP) is 2.02. The molecule has 0 saturated carbocycles. The number of fused-ring (bicyclic) bond motifs is 1. The smallest absolute Gasteiger partial charge is 0.251 e. The Morgan fingerprint density at radius 2 is 2.21 bits per heavy atom. The van der Waals surface area contributed by atoms with Gasteiger partial charge in [0.2, 0.25) is 0 Å². The van der Waals surface area contributed by atoms with Crippen molar-refractivity contribution in [2.24, 2.45) is 0 Å². The standard InChI is InChI=1S/C17H24N4O2S/c1-9(2)21-7-12(13(8-21)23-4)19-16(22)11-5-10(3)15-14(6-11)24-17(18)20-15/h5-6,9,12-13H,7-8H2,1-4H3,(H2,18,20)(H,19,22)/t12-,13-/m1/s1. The molecular formula is C17H24N4O2S. The number of hydrogen-bond donors (Lipinski definition) is 2. The summed E-state index contributed by atoms with van der Waals surface area (Å²) >= 11 is 1.40. The summed E-state index contributed by atoms with van der Waals surface area (Å²) < 4.78 is 6.50. The van der Waals surface area contributed by atoms with Crippen molar-refractivity contribution in [1.82, 2.24) is 15.2 Å². The van der Waals surface area contributed by atoms with Gasteiger partial charge in [-0.1, -0.05) is 11.3 Å². The number of carbonyl (C=O) groups is 1. The average Bonchev–Trinajstić information content (AvgIpc) is 3.10. The van der Waals surface area contributed by atoms with Crippen molar-refractivity contribution in [2.75, 3.05) is 25.9 Å². The maximum absolute atomic E-state index is 12.7. The lowest BCUT2D eigenvalue weighted by Crippen LogP contribution is -2.43. The molecule has 24 heavy (non-hydrogen) atoms. The number of hydrogen-bond acceptors (Lipinski definition) is 6. The van der Waals surface area contributed by atoms with Crippen LogP contribution in [0.4, 0.5) is 5.13 Å². The molecule has 1 amide bonds. The minimum Gasteiger partial charge on any atom is -0.378 e. The van der Waals surface area contributed by atoms with Crippen molar-refractivity contribution in [2.45, 2.75) is 39.0 Å². The minimum atomic E-state index is -0.0790. The number of nitrogen functional groups attached to an aromatic ring is 1. The highest BCUT2D eigenvalue weighted by molar-refractivity contribution is 7.22. The Hall–Kier alpha value is -1.70. The molecule has 1 aliphatic rings. The number of anilines is 1. The lowest BCUT2D eigenvalue weighted by atomic mass is 10.1. The summed E-state index contributed by atoms with van der Waals surface area (Å²) in [6.07, 6.45) is 0.0141. The van der Waals surface area contributed by atoms with Gasteiger partial charge in [0.1, 0.15) is 0 Å². The van der Waals surface area contributed by atoms with Crippen molar-refractivity contribution in [3.8, 4) is 0 Å². The summed E-state index contributed by atoms with van der Waals surface area (Å²) in [7, 11) is 1.70. The number of nitrogens with zero attached hydrogens (tertiary/aromatic N) is 2. The molecule has 6 nitrogen and oxygen atoms in total. The average molecular weight is 348 g/mol. The van der Waals surface area contributed by atoms with E-state index in [0.29, 0.717) is 16.7 Å². The first-order chi connectivity index (χ1) is 11.4. The Balaban J connectivity index is 1.79. The number of rotatable bonds is 4. The van der Waals surface area contributed by atoms with Gasteiger partial charge in [-0.3, -0.25) is 9.69 Å². The van der Waals surface area contributed by atoms with Crippen LogP contribution in [0.1, 0.15) is 29.8 Å². The van der Waals surface area contributed by atoms with Gasteiger partial charge in [0.25, 0.3) is 5.91 Å². The molecule has 7 heteroatoms. The Morgan fingerprint density at radius 3 is 2.88 bits per heavy atom. The summed E-state index contributed by atoms with van der Waals surface area (Å²) in [4.78, 5) is 19.3. The van der Waals surface area contributed by atoms with Crippen LogP contribution in [-0.2, 0) is 4.74 Å². The highest BCUT2D eigenvalue weighted by atomic mass is 32.1. The van der Waals surface area contributed by atoms with Crippen molar-refractivity contribution in [3.63, 3.8) is 0 Å². The number of methoxy groups -OCH3 is 1. The van der Waals surface area contributed by atoms with Crippen LogP contribution in [0, 0.1) is 6.92 Å². The zero-order valence-corrected chi connectivity index (χ0v) is 15.3. The minimum absolute atomic E-state index is 0.00701. The summed E-state index contributed by atoms with van der Waals surface area (Å²) in [6.45, 7) is 7.90. The van der Waals surface area contributed by atoms with Gasteiger partial charge in [-0.15, -0.1) is 0 Å². The molecule has 2 aromatic rings. The van der Waals surface area contributed by atoms with E-state index >= 15 is 0 Å². The Morgan fingerprint density at radius 1 is 1.46 bits per heavy atom. The first kappa shape index (κ1) is 17.1. The molecule has 2 atom stereocenters. The van der Waals surface area contributed by atoms with E-state index in [2.05, 4.69) is 29.0 Å². The highest BCUT2D eigenvalue weighted by Crippen LogP contribution is 2.28. The SMILES string of the molecule is CO[C@@H]1CN(C(C)C)C[C@H]1NC(=O)c1cc(C)c2nc(N)sc2c1. The summed E-state index contributed by atoms with van der Waals surface area (Å²) in [6, 6.07) is 4.16. The van der Waals surface area contributed by atoms with Crippen molar-refractivity contribution >= 4 is 32.6 Å². The fourth-order valence-electron chi connectivity index (χ4n) is 3.20. The van der Waals surface area contributed by atoms with Crippen LogP contribution in [0.5, 0.6) is 0 Å². The lowest BCUT2D eigenvalue weighted by Gasteiger charge is -2.20. The van der Waals surface area contributed by atoms with E-state index in [1.807, 2.05) is 19.1 Å². The van der Waals surface area contributed by atoms with E-state index in [4.69, 9.17) is 10.5 Å². The van der Waals surface area contributed by atoms with Gasteiger partial charge < -0.3 is 15.8 Å². The molecule has 2 heterocycles. The van der Waals surface area contributed by atoms with Crippen molar-refractivity contribution in [1.29, 1.82) is 0 Å². The van der Waals surface area contributed by atoms with Gasteiger partial charge in [-0.2, -0.15) is 0 Å². The van der Waals surface area contributed by atoms with Gasteiger partial charge in [-0.25, -0.2) is 4.98 Å². The number of ether oxygens (including phenoxy) is 1. The normalized spacial score (nSPS) is 21.7. The Kier molecular flexibility index (Phi) is 4.76. The first-order valence-electron chi connectivity index (χ1n) is 8.13. The third-order valence-corrected chi connectivity index (χ3v) is 5.44. The molecule has 0 spiro atoms. The summed E-state index contributed by atoms with van der Waals surface area (Å²) in [5.74, 6) is -0.0790. The molecule has 3 rings (SSSR count). The third-order valence-electron chi connectivity index (χ3n) is 4.61. The molecule has 0 radical (unpaired) electrons. The van der Waals surface area contributed by atoms with Crippen molar-refractivity contribution < 1.29 is 9.53 Å². The van der Waals surface area contributed by atoms with Crippen LogP contribution >= 0.6 is 11.3 Å². The number of benzene rings is 1. The molecule has 130 valence electrons. The molecule has 1 aromatic carbocycles. The number of thiazole rings is 1. The number of aromatic nitrogens is 1. The Bertz CT molecular complexity index is 758. The van der Waals surface area contributed by atoms with Crippen molar-refractivity contribution in [3.05, 3.63) is 23.3 Å². The van der Waals surface area contributed by atoms with Gasteiger partial charge >= 0.3 is 0 Å². The molecule has 0 unspecified atom stereocenters. The summed E-state index contributed by atoms with van der Waals surface area (Å²) in [5, 5.41) is 3.65. The molecular weight excluding hydrogens is 324 g/mol. The van der Waals surface area contributed by atoms with E-state index in [1.54, 1.807) is 7.11 Å². The van der Waals surface area contributed by atoms with E-state index in [9.17, 15) is 4.79 Å². The van der Waals surface area contributed by atoms with E-state index in [0.717, 1.165) is 28.9 Å². The van der Waals surface area contributed by atoms with Crippen LogP contribution in [-0.4, -0.2) is 54.2 Å². The number of amides is 1. The molecule has 1 saturated heterocycles. The van der Waals surface area contributed by atoms with Gasteiger partial charge in [0.05, 0.1) is 22.4 Å². The van der Waals surface area contributed by atoms with Crippen LogP contribution in [0.15, 0.2) is 12.1 Å². The van der Waals surface area contributed by atoms with E-state index in [-0.39, 0.29) is 18.1 Å². The lowest BCUT2D eigenvalue weighted by molar-refractivity contribution is 0.0753. The predicted molar refractivity (Wildman–Crippen MR) is 97.5 cm³/mol. The van der Waals surface area contributed by atoms with Crippen LogP contribution in [0.3, 0.4) is 0 Å². The second-order valence-corrected chi connectivity index (χ2v) is 7.66. The van der Waals surface area contributed by atoms with Crippen LogP contribution in [0.2, 0.25) is 0 Å². The van der Waals surface area contributed by atoms with Crippen LogP contribution in [0.25, 0.3) is 10.2 Å². The van der Waals surface area contributed by atoms with Gasteiger partial charge in [0.15, 0.2) is 5.13 Å². The molecule has 1 fully saturated rings. The number of nitrogens with two attached hydrogens (primary N) is 1. The van der Waals surface area contributed by atoms with Gasteiger partial charge in [-0.05, 0) is 38.5 Å². The maximum atomic E-state index is 12.7. The monoisotopic (exact) mass is 348 g/mol. The largest absolute Gasteiger partial charge is 0.378 e. The zero-order chi connectivity index (χ0) is 17.4. The highest BCUT2D eigenvalue weighted by Gasteiger charge is 2.35. The van der Waals surface area contributed by atoms with E-state index in [1.165, 1.54) is 11.3 Å². The quantitative estimate of drug-likeness (QED) is 0.884. The zero-order valence-electron chi connectivity index (χ0n) is 14.5. The molecule has 0 bridgehead atoms. The fraction of sp³-hybridized carbons (Fsp3) is 0.529. The van der Waals surface area contributed by atoms with Crippen LogP contribution < -0.4 is 11.1 Å². The number of nitrogens with one attached hydrogen (secondary N) is 1. The van der Waals surface area contributed by atoms with E-state index < -0.39 is 0 Å². The maximum Gasteiger partial charge on any atom is 0.251 e. The molecule has 0 aliphatic carbocycles. The second kappa shape index (κ2) is 6.66. The number of likely N-dealkylation sites (tertiary alicyclic amines) is 1. The summed E-state index contributed by atoms with van der Waals surface area (Å²) in [5.41, 5.74) is 8.26. The van der Waals surface area contributed by atoms with Gasteiger partial charge in [0, 0.05) is 31.8 Å². The fourth-order valence-corrected chi connectivity index (χ4v) is 4.05. The number of carbonyl (C=O) groups excluding carboxylic acids is 1. The third kappa shape index (κ3) is 3.24. The Labute approximate surface area is 146 Å².